The van der Waals surface area contributed by atoms with Gasteiger partial charge in [-0.1, -0.05) is 18.5 Å². The maximum atomic E-state index is 12.3. The van der Waals surface area contributed by atoms with Crippen LogP contribution in [0.4, 0.5) is 5.69 Å². The highest BCUT2D eigenvalue weighted by atomic mass is 35.5. The van der Waals surface area contributed by atoms with Gasteiger partial charge >= 0.3 is 0 Å². The number of thiophene rings is 1. The SMILES string of the molecule is C[C@H]1CCc2sc(C(=O)NNC(=O)c3cc([N+](=O)[O-])ccc3Cl)cc2C1. The van der Waals surface area contributed by atoms with E-state index in [0.717, 1.165) is 25.3 Å². The monoisotopic (exact) mass is 393 g/mol. The summed E-state index contributed by atoms with van der Waals surface area (Å²) in [7, 11) is 0. The predicted octanol–water partition coefficient (Wildman–Crippen LogP) is 3.51. The van der Waals surface area contributed by atoms with Crippen LogP contribution in [-0.2, 0) is 12.8 Å². The van der Waals surface area contributed by atoms with Gasteiger partial charge in [0, 0.05) is 17.0 Å². The van der Waals surface area contributed by atoms with Gasteiger partial charge in [0.25, 0.3) is 17.5 Å². The van der Waals surface area contributed by atoms with E-state index in [1.165, 1.54) is 33.9 Å². The van der Waals surface area contributed by atoms with E-state index in [1.54, 1.807) is 0 Å². The number of hydrogen-bond acceptors (Lipinski definition) is 5. The van der Waals surface area contributed by atoms with Crippen molar-refractivity contribution in [1.82, 2.24) is 10.9 Å². The van der Waals surface area contributed by atoms with Crippen LogP contribution in [0.2, 0.25) is 5.02 Å². The number of nitrogens with zero attached hydrogens (tertiary/aromatic N) is 1. The highest BCUT2D eigenvalue weighted by Crippen LogP contribution is 2.32. The Balaban J connectivity index is 1.67. The Kier molecular flexibility index (Phi) is 5.24. The minimum absolute atomic E-state index is 0.0583. The van der Waals surface area contributed by atoms with Gasteiger partial charge in [-0.25, -0.2) is 0 Å². The number of halogens is 1. The molecule has 9 heteroatoms. The largest absolute Gasteiger partial charge is 0.279 e. The lowest BCUT2D eigenvalue weighted by atomic mass is 9.90. The summed E-state index contributed by atoms with van der Waals surface area (Å²) in [5.74, 6) is -0.544. The molecule has 0 fully saturated rings. The van der Waals surface area contributed by atoms with Crippen LogP contribution in [0.1, 0.15) is 43.8 Å². The second-order valence-corrected chi connectivity index (χ2v) is 7.78. The van der Waals surface area contributed by atoms with Gasteiger partial charge < -0.3 is 0 Å². The van der Waals surface area contributed by atoms with Gasteiger partial charge in [0.05, 0.1) is 20.4 Å². The molecule has 1 atom stereocenters. The number of amides is 2. The Bertz CT molecular complexity index is 896. The molecule has 1 heterocycles. The van der Waals surface area contributed by atoms with Gasteiger partial charge in [-0.15, -0.1) is 11.3 Å². The number of nitrogens with one attached hydrogen (secondary N) is 2. The van der Waals surface area contributed by atoms with Gasteiger partial charge in [0.15, 0.2) is 0 Å². The second-order valence-electron chi connectivity index (χ2n) is 6.24. The quantitative estimate of drug-likeness (QED) is 0.615. The van der Waals surface area contributed by atoms with E-state index in [-0.39, 0.29) is 16.3 Å². The van der Waals surface area contributed by atoms with Gasteiger partial charge in [-0.05, 0) is 42.9 Å². The van der Waals surface area contributed by atoms with E-state index >= 15 is 0 Å². The summed E-state index contributed by atoms with van der Waals surface area (Å²) in [6.45, 7) is 2.18. The summed E-state index contributed by atoms with van der Waals surface area (Å²) < 4.78 is 0. The number of non-ortho nitro benzene ring substituents is 1. The number of hydrazine groups is 1. The lowest BCUT2D eigenvalue weighted by molar-refractivity contribution is -0.384. The van der Waals surface area contributed by atoms with Crippen LogP contribution in [0, 0.1) is 16.0 Å². The molecule has 2 amide bonds. The molecular formula is C17H16ClN3O4S. The topological polar surface area (TPSA) is 101 Å². The molecular weight excluding hydrogens is 378 g/mol. The first-order chi connectivity index (χ1) is 12.3. The van der Waals surface area contributed by atoms with E-state index in [4.69, 9.17) is 11.6 Å². The number of carbonyl (C=O) groups is 2. The van der Waals surface area contributed by atoms with Crippen molar-refractivity contribution >= 4 is 40.4 Å². The summed E-state index contributed by atoms with van der Waals surface area (Å²) >= 11 is 7.34. The molecule has 0 spiro atoms. The lowest BCUT2D eigenvalue weighted by Gasteiger charge is -2.16. The number of aryl methyl sites for hydroxylation is 1. The Morgan fingerprint density at radius 2 is 2.00 bits per heavy atom. The van der Waals surface area contributed by atoms with Crippen LogP contribution in [0.3, 0.4) is 0 Å². The van der Waals surface area contributed by atoms with Crippen molar-refractivity contribution < 1.29 is 14.5 Å². The molecule has 136 valence electrons. The number of fused-ring (bicyclic) bond motifs is 1. The van der Waals surface area contributed by atoms with Crippen molar-refractivity contribution in [2.75, 3.05) is 0 Å². The van der Waals surface area contributed by atoms with Crippen molar-refractivity contribution in [3.05, 3.63) is 60.3 Å². The Labute approximate surface area is 158 Å². The molecule has 1 aromatic carbocycles. The van der Waals surface area contributed by atoms with Crippen LogP contribution >= 0.6 is 22.9 Å². The fourth-order valence-electron chi connectivity index (χ4n) is 2.86. The number of hydrogen-bond donors (Lipinski definition) is 2. The average Bonchev–Trinajstić information content (AvgIpc) is 3.02. The maximum absolute atomic E-state index is 12.3. The van der Waals surface area contributed by atoms with E-state index < -0.39 is 16.7 Å². The van der Waals surface area contributed by atoms with Crippen molar-refractivity contribution in [2.45, 2.75) is 26.2 Å². The van der Waals surface area contributed by atoms with Crippen molar-refractivity contribution in [2.24, 2.45) is 5.92 Å². The van der Waals surface area contributed by atoms with Gasteiger partial charge in [0.2, 0.25) is 0 Å². The first-order valence-electron chi connectivity index (χ1n) is 8.01. The van der Waals surface area contributed by atoms with Crippen molar-refractivity contribution in [3.63, 3.8) is 0 Å². The molecule has 3 rings (SSSR count). The Hall–Kier alpha value is -2.45. The third kappa shape index (κ3) is 3.86. The van der Waals surface area contributed by atoms with E-state index in [2.05, 4.69) is 17.8 Å². The highest BCUT2D eigenvalue weighted by molar-refractivity contribution is 7.14. The zero-order valence-corrected chi connectivity index (χ0v) is 15.4. The van der Waals surface area contributed by atoms with Crippen LogP contribution < -0.4 is 10.9 Å². The smallest absolute Gasteiger partial charge is 0.267 e. The summed E-state index contributed by atoms with van der Waals surface area (Å²) in [6.07, 6.45) is 3.02. The standard InChI is InChI=1S/C17H16ClN3O4S/c1-9-2-5-14-10(6-9)7-15(26-14)17(23)20-19-16(22)12-8-11(21(24)25)3-4-13(12)18/h3-4,7-9H,2,5-6H2,1H3,(H,19,22)(H,20,23)/t9-/m0/s1. The molecule has 0 radical (unpaired) electrons. The number of nitro groups is 1. The minimum atomic E-state index is -0.720. The van der Waals surface area contributed by atoms with Crippen LogP contribution in [-0.4, -0.2) is 16.7 Å². The van der Waals surface area contributed by atoms with E-state index in [0.29, 0.717) is 10.8 Å². The molecule has 7 nitrogen and oxygen atoms in total. The zero-order valence-electron chi connectivity index (χ0n) is 13.9. The number of nitro benzene ring substituents is 1. The lowest BCUT2D eigenvalue weighted by Crippen LogP contribution is -2.41. The molecule has 1 aliphatic carbocycles. The minimum Gasteiger partial charge on any atom is -0.267 e. The zero-order chi connectivity index (χ0) is 18.8. The Morgan fingerprint density at radius 3 is 2.73 bits per heavy atom. The maximum Gasteiger partial charge on any atom is 0.279 e. The fourth-order valence-corrected chi connectivity index (χ4v) is 4.17. The number of carbonyl (C=O) groups excluding carboxylic acids is 2. The molecule has 0 aliphatic heterocycles. The normalized spacial score (nSPS) is 15.8. The third-order valence-corrected chi connectivity index (χ3v) is 5.81. The van der Waals surface area contributed by atoms with Gasteiger partial charge in [0.1, 0.15) is 0 Å². The molecule has 1 aromatic heterocycles. The van der Waals surface area contributed by atoms with Crippen molar-refractivity contribution in [3.8, 4) is 0 Å². The molecule has 2 N–H and O–H groups in total. The molecule has 0 bridgehead atoms. The summed E-state index contributed by atoms with van der Waals surface area (Å²) in [5, 5.41) is 10.9. The predicted molar refractivity (Wildman–Crippen MR) is 98.5 cm³/mol. The molecule has 2 aromatic rings. The molecule has 0 saturated carbocycles. The van der Waals surface area contributed by atoms with Crippen LogP contribution in [0.25, 0.3) is 0 Å². The molecule has 1 aliphatic rings. The van der Waals surface area contributed by atoms with Gasteiger partial charge in [-0.2, -0.15) is 0 Å². The van der Waals surface area contributed by atoms with Crippen LogP contribution in [0.5, 0.6) is 0 Å². The second kappa shape index (κ2) is 7.43. The molecule has 0 saturated heterocycles. The first-order valence-corrected chi connectivity index (χ1v) is 9.21. The van der Waals surface area contributed by atoms with E-state index in [1.807, 2.05) is 6.07 Å². The molecule has 26 heavy (non-hydrogen) atoms. The summed E-state index contributed by atoms with van der Waals surface area (Å²) in [5.41, 5.74) is 5.44. The first kappa shape index (κ1) is 18.3. The molecule has 0 unspecified atom stereocenters. The number of rotatable bonds is 3. The summed E-state index contributed by atoms with van der Waals surface area (Å²) in [4.78, 5) is 36.4. The third-order valence-electron chi connectivity index (χ3n) is 4.25. The Morgan fingerprint density at radius 1 is 1.27 bits per heavy atom. The average molecular weight is 394 g/mol. The van der Waals surface area contributed by atoms with E-state index in [9.17, 15) is 19.7 Å². The number of benzene rings is 1. The van der Waals surface area contributed by atoms with Crippen LogP contribution in [0.15, 0.2) is 24.3 Å². The highest BCUT2D eigenvalue weighted by Gasteiger charge is 2.21. The fraction of sp³-hybridized carbons (Fsp3) is 0.294. The van der Waals surface area contributed by atoms with Crippen molar-refractivity contribution in [1.29, 1.82) is 0 Å². The summed E-state index contributed by atoms with van der Waals surface area (Å²) in [6, 6.07) is 5.40. The van der Waals surface area contributed by atoms with Gasteiger partial charge in [-0.3, -0.25) is 30.6 Å².